The van der Waals surface area contributed by atoms with E-state index in [2.05, 4.69) is 158 Å². The second kappa shape index (κ2) is 11.7. The van der Waals surface area contributed by atoms with Crippen LogP contribution >= 0.6 is 0 Å². The van der Waals surface area contributed by atoms with Crippen LogP contribution in [0.15, 0.2) is 146 Å². The number of allylic oxidation sites excluding steroid dienone is 3. The number of nitrogens with zero attached hydrogens (tertiary/aromatic N) is 1. The highest BCUT2D eigenvalue weighted by Gasteiger charge is 2.27. The number of benzene rings is 4. The highest BCUT2D eigenvalue weighted by molar-refractivity contribution is 5.74. The topological polar surface area (TPSA) is 15.3 Å². The lowest BCUT2D eigenvalue weighted by Crippen LogP contribution is -2.36. The van der Waals surface area contributed by atoms with Crippen molar-refractivity contribution in [1.29, 1.82) is 0 Å². The van der Waals surface area contributed by atoms with Crippen LogP contribution in [0.25, 0.3) is 17.2 Å². The van der Waals surface area contributed by atoms with E-state index in [1.54, 1.807) is 0 Å². The van der Waals surface area contributed by atoms with Gasteiger partial charge in [-0.25, -0.2) is 0 Å². The monoisotopic (exact) mass is 494 g/mol. The summed E-state index contributed by atoms with van der Waals surface area (Å²) in [5, 5.41) is 3.64. The lowest BCUT2D eigenvalue weighted by molar-refractivity contribution is 0.605. The summed E-state index contributed by atoms with van der Waals surface area (Å²) in [6, 6.07) is 36.5. The molecular formula is C36H34N2. The van der Waals surface area contributed by atoms with Gasteiger partial charge >= 0.3 is 0 Å². The van der Waals surface area contributed by atoms with Gasteiger partial charge in [0.1, 0.15) is 0 Å². The molecule has 2 unspecified atom stereocenters. The standard InChI is InChI=1S/C36H34N2/c1-4-5-14-29-17-13-22-36(28(29)3)38(34-20-10-7-11-21-34)35-24-23-33(25-27(35)2)37-32-19-12-18-31(26-32)30-15-8-6-9-16-30/h4-27,35,37H,1H2,2-3H3/b14-5-. The van der Waals surface area contributed by atoms with Crippen LogP contribution in [0.5, 0.6) is 0 Å². The first-order valence-corrected chi connectivity index (χ1v) is 13.2. The molecule has 38 heavy (non-hydrogen) atoms. The van der Waals surface area contributed by atoms with E-state index < -0.39 is 0 Å². The molecule has 4 aromatic carbocycles. The van der Waals surface area contributed by atoms with Crippen LogP contribution in [0.3, 0.4) is 0 Å². The van der Waals surface area contributed by atoms with Crippen LogP contribution in [0.4, 0.5) is 17.1 Å². The lowest BCUT2D eigenvalue weighted by atomic mass is 9.92. The summed E-state index contributed by atoms with van der Waals surface area (Å²) in [6.07, 6.45) is 12.8. The van der Waals surface area contributed by atoms with Gasteiger partial charge in [-0.05, 0) is 65.6 Å². The van der Waals surface area contributed by atoms with Crippen molar-refractivity contribution in [2.45, 2.75) is 19.9 Å². The minimum atomic E-state index is 0.177. The Hall–Kier alpha value is -4.56. The first-order chi connectivity index (χ1) is 18.6. The Labute approximate surface area is 227 Å². The first kappa shape index (κ1) is 25.1. The molecule has 0 aromatic heterocycles. The fourth-order valence-electron chi connectivity index (χ4n) is 5.11. The first-order valence-electron chi connectivity index (χ1n) is 13.2. The Bertz CT molecular complexity index is 1480. The fraction of sp³-hybridized carbons (Fsp3) is 0.111. The molecule has 2 atom stereocenters. The Balaban J connectivity index is 1.43. The van der Waals surface area contributed by atoms with E-state index in [0.29, 0.717) is 0 Å². The highest BCUT2D eigenvalue weighted by atomic mass is 15.2. The molecule has 1 N–H and O–H groups in total. The molecule has 1 aliphatic rings. The Morgan fingerprint density at radius 2 is 1.53 bits per heavy atom. The zero-order valence-corrected chi connectivity index (χ0v) is 22.1. The number of hydrogen-bond donors (Lipinski definition) is 1. The zero-order chi connectivity index (χ0) is 26.3. The number of rotatable bonds is 8. The van der Waals surface area contributed by atoms with Gasteiger partial charge in [0.05, 0.1) is 6.04 Å². The number of hydrogen-bond acceptors (Lipinski definition) is 2. The van der Waals surface area contributed by atoms with Crippen LogP contribution in [0.1, 0.15) is 18.1 Å². The minimum Gasteiger partial charge on any atom is -0.356 e. The molecule has 0 bridgehead atoms. The van der Waals surface area contributed by atoms with Gasteiger partial charge in [-0.1, -0.05) is 117 Å². The fourth-order valence-corrected chi connectivity index (χ4v) is 5.11. The zero-order valence-electron chi connectivity index (χ0n) is 22.1. The van der Waals surface area contributed by atoms with Gasteiger partial charge in [0.15, 0.2) is 0 Å². The summed E-state index contributed by atoms with van der Waals surface area (Å²) in [5.41, 5.74) is 9.48. The molecule has 0 amide bonds. The van der Waals surface area contributed by atoms with Crippen molar-refractivity contribution in [2.24, 2.45) is 5.92 Å². The number of anilines is 3. The van der Waals surface area contributed by atoms with E-state index in [-0.39, 0.29) is 12.0 Å². The van der Waals surface area contributed by atoms with Crippen molar-refractivity contribution in [3.63, 3.8) is 0 Å². The van der Waals surface area contributed by atoms with Crippen LogP contribution in [-0.4, -0.2) is 6.04 Å². The Morgan fingerprint density at radius 3 is 2.26 bits per heavy atom. The van der Waals surface area contributed by atoms with Crippen molar-refractivity contribution in [3.05, 3.63) is 157 Å². The second-order valence-corrected chi connectivity index (χ2v) is 9.69. The predicted octanol–water partition coefficient (Wildman–Crippen LogP) is 9.57. The van der Waals surface area contributed by atoms with E-state index in [9.17, 15) is 0 Å². The average molecular weight is 495 g/mol. The average Bonchev–Trinajstić information content (AvgIpc) is 2.96. The van der Waals surface area contributed by atoms with Crippen molar-refractivity contribution in [3.8, 4) is 11.1 Å². The minimum absolute atomic E-state index is 0.177. The number of nitrogens with one attached hydrogen (secondary N) is 1. The molecule has 4 aromatic rings. The predicted molar refractivity (Wildman–Crippen MR) is 165 cm³/mol. The van der Waals surface area contributed by atoms with E-state index in [1.807, 2.05) is 12.2 Å². The Kier molecular flexibility index (Phi) is 7.70. The van der Waals surface area contributed by atoms with Gasteiger partial charge < -0.3 is 10.2 Å². The summed E-state index contributed by atoms with van der Waals surface area (Å²) in [6.45, 7) is 8.33. The Morgan fingerprint density at radius 1 is 0.816 bits per heavy atom. The van der Waals surface area contributed by atoms with Crippen molar-refractivity contribution >= 4 is 23.1 Å². The summed E-state index contributed by atoms with van der Waals surface area (Å²) in [5.74, 6) is 0.284. The van der Waals surface area contributed by atoms with Crippen LogP contribution < -0.4 is 10.2 Å². The summed E-state index contributed by atoms with van der Waals surface area (Å²) < 4.78 is 0. The third kappa shape index (κ3) is 5.55. The molecule has 0 aliphatic heterocycles. The molecule has 5 rings (SSSR count). The van der Waals surface area contributed by atoms with Gasteiger partial charge in [-0.2, -0.15) is 0 Å². The third-order valence-electron chi connectivity index (χ3n) is 7.06. The maximum Gasteiger partial charge on any atom is 0.0587 e. The number of para-hydroxylation sites is 1. The van der Waals surface area contributed by atoms with Crippen LogP contribution in [-0.2, 0) is 0 Å². The third-order valence-corrected chi connectivity index (χ3v) is 7.06. The largest absolute Gasteiger partial charge is 0.356 e. The molecule has 0 spiro atoms. The van der Waals surface area contributed by atoms with E-state index >= 15 is 0 Å². The van der Waals surface area contributed by atoms with Crippen molar-refractivity contribution < 1.29 is 0 Å². The quantitative estimate of drug-likeness (QED) is 0.245. The molecule has 0 heterocycles. The van der Waals surface area contributed by atoms with Gasteiger partial charge in [0, 0.05) is 28.7 Å². The van der Waals surface area contributed by atoms with Gasteiger partial charge in [0.25, 0.3) is 0 Å². The van der Waals surface area contributed by atoms with Gasteiger partial charge in [-0.15, -0.1) is 0 Å². The normalized spacial score (nSPS) is 16.7. The van der Waals surface area contributed by atoms with Gasteiger partial charge in [0.2, 0.25) is 0 Å². The molecule has 188 valence electrons. The molecule has 2 heteroatoms. The molecule has 0 saturated heterocycles. The maximum absolute atomic E-state index is 3.83. The molecule has 0 saturated carbocycles. The summed E-state index contributed by atoms with van der Waals surface area (Å²) in [4.78, 5) is 2.46. The smallest absolute Gasteiger partial charge is 0.0587 e. The van der Waals surface area contributed by atoms with Crippen molar-refractivity contribution in [1.82, 2.24) is 0 Å². The molecule has 0 fully saturated rings. The van der Waals surface area contributed by atoms with Gasteiger partial charge in [-0.3, -0.25) is 0 Å². The van der Waals surface area contributed by atoms with E-state index in [1.165, 1.54) is 33.6 Å². The van der Waals surface area contributed by atoms with E-state index in [4.69, 9.17) is 0 Å². The maximum atomic E-state index is 3.83. The lowest BCUT2D eigenvalue weighted by Gasteiger charge is -2.38. The molecular weight excluding hydrogens is 460 g/mol. The molecule has 0 radical (unpaired) electrons. The van der Waals surface area contributed by atoms with E-state index in [0.717, 1.165) is 11.4 Å². The SMILES string of the molecule is C=C/C=C\c1cccc(N(c2ccccc2)C2C=CC(Nc3cccc(-c4ccccc4)c3)=CC2C)c1C. The molecule has 2 nitrogen and oxygen atoms in total. The summed E-state index contributed by atoms with van der Waals surface area (Å²) in [7, 11) is 0. The van der Waals surface area contributed by atoms with Crippen LogP contribution in [0.2, 0.25) is 0 Å². The van der Waals surface area contributed by atoms with Crippen molar-refractivity contribution in [2.75, 3.05) is 10.2 Å². The van der Waals surface area contributed by atoms with Crippen LogP contribution in [0, 0.1) is 12.8 Å². The molecule has 1 aliphatic carbocycles. The second-order valence-electron chi connectivity index (χ2n) is 9.69. The highest BCUT2D eigenvalue weighted by Crippen LogP contribution is 2.37. The summed E-state index contributed by atoms with van der Waals surface area (Å²) >= 11 is 0.